The van der Waals surface area contributed by atoms with Crippen LogP contribution in [0.3, 0.4) is 0 Å². The topological polar surface area (TPSA) is 49.3 Å². The molecular formula is C12H15F2NO2. The predicted molar refractivity (Wildman–Crippen MR) is 59.5 cm³/mol. The van der Waals surface area contributed by atoms with Gasteiger partial charge in [-0.3, -0.25) is 4.79 Å². The zero-order valence-electron chi connectivity index (χ0n) is 9.54. The number of carbonyl (C=O) groups is 1. The molecule has 1 aromatic carbocycles. The molecule has 0 fully saturated rings. The Balaban J connectivity index is 2.75. The summed E-state index contributed by atoms with van der Waals surface area (Å²) in [5.74, 6) is -2.80. The van der Waals surface area contributed by atoms with Crippen LogP contribution >= 0.6 is 0 Å². The monoisotopic (exact) mass is 243 g/mol. The van der Waals surface area contributed by atoms with Crippen LogP contribution in [0, 0.1) is 11.6 Å². The molecule has 0 aliphatic rings. The summed E-state index contributed by atoms with van der Waals surface area (Å²) in [6.07, 6.45) is 0.415. The average Bonchev–Trinajstić information content (AvgIpc) is 2.28. The van der Waals surface area contributed by atoms with Gasteiger partial charge in [-0.2, -0.15) is 0 Å². The van der Waals surface area contributed by atoms with Crippen LogP contribution in [0.15, 0.2) is 18.2 Å². The van der Waals surface area contributed by atoms with Gasteiger partial charge in [0.15, 0.2) is 0 Å². The second-order valence-corrected chi connectivity index (χ2v) is 3.73. The molecular weight excluding hydrogens is 228 g/mol. The molecule has 0 heterocycles. The predicted octanol–water partition coefficient (Wildman–Crippen LogP) is 1.57. The summed E-state index contributed by atoms with van der Waals surface area (Å²) >= 11 is 0. The maximum Gasteiger partial charge on any atom is 0.227 e. The summed E-state index contributed by atoms with van der Waals surface area (Å²) in [7, 11) is 0. The van der Waals surface area contributed by atoms with Crippen molar-refractivity contribution in [2.24, 2.45) is 0 Å². The van der Waals surface area contributed by atoms with Gasteiger partial charge in [0.25, 0.3) is 0 Å². The fourth-order valence-corrected chi connectivity index (χ4v) is 1.50. The van der Waals surface area contributed by atoms with Gasteiger partial charge in [0.1, 0.15) is 11.6 Å². The Labute approximate surface area is 98.5 Å². The zero-order valence-corrected chi connectivity index (χ0v) is 9.54. The van der Waals surface area contributed by atoms with Gasteiger partial charge in [-0.15, -0.1) is 0 Å². The first-order valence-corrected chi connectivity index (χ1v) is 5.40. The molecule has 0 saturated heterocycles. The van der Waals surface area contributed by atoms with Crippen LogP contribution in [0.4, 0.5) is 8.78 Å². The van der Waals surface area contributed by atoms with E-state index in [1.807, 2.05) is 0 Å². The summed E-state index contributed by atoms with van der Waals surface area (Å²) in [6.45, 7) is 1.69. The van der Waals surface area contributed by atoms with Gasteiger partial charge in [-0.1, -0.05) is 6.07 Å². The molecule has 1 unspecified atom stereocenters. The van der Waals surface area contributed by atoms with Gasteiger partial charge in [-0.25, -0.2) is 8.78 Å². The summed E-state index contributed by atoms with van der Waals surface area (Å²) in [6, 6.07) is 3.50. The molecule has 0 aromatic heterocycles. The van der Waals surface area contributed by atoms with E-state index in [0.29, 0.717) is 6.42 Å². The van der Waals surface area contributed by atoms with Gasteiger partial charge < -0.3 is 10.4 Å². The lowest BCUT2D eigenvalue weighted by Crippen LogP contribution is -2.30. The van der Waals surface area contributed by atoms with E-state index in [-0.39, 0.29) is 18.7 Å². The number of amides is 1. The van der Waals surface area contributed by atoms with E-state index < -0.39 is 23.5 Å². The molecule has 0 bridgehead atoms. The van der Waals surface area contributed by atoms with Crippen LogP contribution in [-0.2, 0) is 4.79 Å². The molecule has 1 atom stereocenters. The number of nitrogens with one attached hydrogen (secondary N) is 1. The summed E-state index contributed by atoms with van der Waals surface area (Å²) in [5, 5.41) is 11.1. The molecule has 0 radical (unpaired) electrons. The van der Waals surface area contributed by atoms with E-state index in [1.54, 1.807) is 0 Å². The highest BCUT2D eigenvalue weighted by atomic mass is 19.1. The minimum absolute atomic E-state index is 0.0390. The fraction of sp³-hybridized carbons (Fsp3) is 0.417. The van der Waals surface area contributed by atoms with Gasteiger partial charge in [0.2, 0.25) is 5.91 Å². The Bertz CT molecular complexity index is 376. The highest BCUT2D eigenvalue weighted by molar-refractivity contribution is 5.83. The van der Waals surface area contributed by atoms with Crippen LogP contribution in [0.5, 0.6) is 0 Å². The molecule has 0 spiro atoms. The molecule has 3 nitrogen and oxygen atoms in total. The SMILES string of the molecule is CC(C(=O)NCCCO)c1c(F)cccc1F. The molecule has 1 aromatic rings. The minimum Gasteiger partial charge on any atom is -0.396 e. The average molecular weight is 243 g/mol. The maximum atomic E-state index is 13.4. The number of halogens is 2. The van der Waals surface area contributed by atoms with Crippen LogP contribution in [-0.4, -0.2) is 24.2 Å². The normalized spacial score (nSPS) is 12.2. The first-order valence-electron chi connectivity index (χ1n) is 5.40. The van der Waals surface area contributed by atoms with E-state index in [4.69, 9.17) is 5.11 Å². The van der Waals surface area contributed by atoms with Crippen molar-refractivity contribution in [1.29, 1.82) is 0 Å². The van der Waals surface area contributed by atoms with Crippen molar-refractivity contribution in [2.75, 3.05) is 13.2 Å². The molecule has 2 N–H and O–H groups in total. The molecule has 0 saturated carbocycles. The highest BCUT2D eigenvalue weighted by Crippen LogP contribution is 2.22. The summed E-state index contributed by atoms with van der Waals surface area (Å²) < 4.78 is 26.8. The van der Waals surface area contributed by atoms with E-state index in [2.05, 4.69) is 5.32 Å². The number of carbonyl (C=O) groups excluding carboxylic acids is 1. The lowest BCUT2D eigenvalue weighted by Gasteiger charge is -2.13. The second-order valence-electron chi connectivity index (χ2n) is 3.73. The first kappa shape index (κ1) is 13.6. The molecule has 0 aliphatic carbocycles. The largest absolute Gasteiger partial charge is 0.396 e. The Kier molecular flexibility index (Phi) is 5.03. The van der Waals surface area contributed by atoms with E-state index in [9.17, 15) is 13.6 Å². The molecule has 17 heavy (non-hydrogen) atoms. The molecule has 5 heteroatoms. The molecule has 1 rings (SSSR count). The third kappa shape index (κ3) is 3.49. The Hall–Kier alpha value is -1.49. The second kappa shape index (κ2) is 6.30. The van der Waals surface area contributed by atoms with Crippen molar-refractivity contribution >= 4 is 5.91 Å². The third-order valence-corrected chi connectivity index (χ3v) is 2.46. The number of hydrogen-bond acceptors (Lipinski definition) is 2. The van der Waals surface area contributed by atoms with Crippen molar-refractivity contribution in [3.8, 4) is 0 Å². The Morgan fingerprint density at radius 2 is 2.00 bits per heavy atom. The molecule has 0 aliphatic heterocycles. The van der Waals surface area contributed by atoms with Crippen molar-refractivity contribution in [1.82, 2.24) is 5.32 Å². The first-order chi connectivity index (χ1) is 8.07. The van der Waals surface area contributed by atoms with Gasteiger partial charge >= 0.3 is 0 Å². The summed E-state index contributed by atoms with van der Waals surface area (Å²) in [4.78, 5) is 11.6. The quantitative estimate of drug-likeness (QED) is 0.771. The number of rotatable bonds is 5. The van der Waals surface area contributed by atoms with E-state index in [0.717, 1.165) is 12.1 Å². The maximum absolute atomic E-state index is 13.4. The lowest BCUT2D eigenvalue weighted by atomic mass is 9.99. The van der Waals surface area contributed by atoms with E-state index in [1.165, 1.54) is 13.0 Å². The van der Waals surface area contributed by atoms with Crippen molar-refractivity contribution < 1.29 is 18.7 Å². The number of aliphatic hydroxyl groups excluding tert-OH is 1. The third-order valence-electron chi connectivity index (χ3n) is 2.46. The van der Waals surface area contributed by atoms with Gasteiger partial charge in [0.05, 0.1) is 5.92 Å². The van der Waals surface area contributed by atoms with Crippen LogP contribution < -0.4 is 5.32 Å². The van der Waals surface area contributed by atoms with Crippen LogP contribution in [0.2, 0.25) is 0 Å². The van der Waals surface area contributed by atoms with Crippen molar-refractivity contribution in [2.45, 2.75) is 19.3 Å². The smallest absolute Gasteiger partial charge is 0.227 e. The highest BCUT2D eigenvalue weighted by Gasteiger charge is 2.21. The Morgan fingerprint density at radius 3 is 2.53 bits per heavy atom. The summed E-state index contributed by atoms with van der Waals surface area (Å²) in [5.41, 5.74) is -0.228. The standard InChI is InChI=1S/C12H15F2NO2/c1-8(12(17)15-6-3-7-16)11-9(13)4-2-5-10(11)14/h2,4-5,8,16H,3,6-7H2,1H3,(H,15,17). The van der Waals surface area contributed by atoms with Crippen molar-refractivity contribution in [3.05, 3.63) is 35.4 Å². The lowest BCUT2D eigenvalue weighted by molar-refractivity contribution is -0.122. The number of benzene rings is 1. The van der Waals surface area contributed by atoms with Crippen molar-refractivity contribution in [3.63, 3.8) is 0 Å². The Morgan fingerprint density at radius 1 is 1.41 bits per heavy atom. The molecule has 1 amide bonds. The van der Waals surface area contributed by atoms with Crippen LogP contribution in [0.1, 0.15) is 24.8 Å². The minimum atomic E-state index is -0.894. The molecule has 94 valence electrons. The van der Waals surface area contributed by atoms with Gasteiger partial charge in [-0.05, 0) is 25.5 Å². The number of hydrogen-bond donors (Lipinski definition) is 2. The van der Waals surface area contributed by atoms with Gasteiger partial charge in [0, 0.05) is 18.7 Å². The van der Waals surface area contributed by atoms with E-state index >= 15 is 0 Å². The zero-order chi connectivity index (χ0) is 12.8. The number of aliphatic hydroxyl groups is 1. The fourth-order valence-electron chi connectivity index (χ4n) is 1.50. The van der Waals surface area contributed by atoms with Crippen LogP contribution in [0.25, 0.3) is 0 Å².